The highest BCUT2D eigenvalue weighted by molar-refractivity contribution is 5.80. The maximum absolute atomic E-state index is 6.04. The van der Waals surface area contributed by atoms with E-state index in [0.717, 1.165) is 28.0 Å². The first-order valence-electron chi connectivity index (χ1n) is 6.56. The van der Waals surface area contributed by atoms with Crippen molar-refractivity contribution >= 4 is 11.3 Å². The highest BCUT2D eigenvalue weighted by Gasteiger charge is 2.04. The number of nitrogens with zero attached hydrogens (tertiary/aromatic N) is 1. The summed E-state index contributed by atoms with van der Waals surface area (Å²) in [5, 5.41) is 3.00. The van der Waals surface area contributed by atoms with Gasteiger partial charge in [0, 0.05) is 25.1 Å². The van der Waals surface area contributed by atoms with E-state index in [1.807, 2.05) is 50.5 Å². The highest BCUT2D eigenvalue weighted by Crippen LogP contribution is 2.27. The number of allylic oxidation sites excluding steroid dienone is 3. The maximum atomic E-state index is 6.04. The van der Waals surface area contributed by atoms with Crippen molar-refractivity contribution in [2.75, 3.05) is 12.8 Å². The van der Waals surface area contributed by atoms with Crippen molar-refractivity contribution in [3.63, 3.8) is 0 Å². The minimum atomic E-state index is 0.756. The fourth-order valence-corrected chi connectivity index (χ4v) is 2.06. The van der Waals surface area contributed by atoms with Crippen LogP contribution in [0.2, 0.25) is 0 Å². The second kappa shape index (κ2) is 6.57. The number of anilines is 1. The third-order valence-electron chi connectivity index (χ3n) is 3.04. The molecule has 2 aromatic rings. The minimum Gasteiger partial charge on any atom is -0.399 e. The molecule has 0 aliphatic heterocycles. The lowest BCUT2D eigenvalue weighted by atomic mass is 9.98. The Morgan fingerprint density at radius 1 is 1.15 bits per heavy atom. The molecule has 3 nitrogen and oxygen atoms in total. The number of benzene rings is 1. The van der Waals surface area contributed by atoms with Crippen molar-refractivity contribution in [2.45, 2.75) is 6.92 Å². The van der Waals surface area contributed by atoms with Gasteiger partial charge >= 0.3 is 0 Å². The molecule has 2 rings (SSSR count). The van der Waals surface area contributed by atoms with Gasteiger partial charge in [-0.05, 0) is 71.8 Å². The van der Waals surface area contributed by atoms with Gasteiger partial charge in [-0.25, -0.2) is 0 Å². The molecule has 1 heterocycles. The van der Waals surface area contributed by atoms with Crippen LogP contribution in [0.15, 0.2) is 61.1 Å². The van der Waals surface area contributed by atoms with Crippen LogP contribution >= 0.6 is 0 Å². The van der Waals surface area contributed by atoms with Crippen LogP contribution in [0.1, 0.15) is 12.5 Å². The molecule has 0 atom stereocenters. The molecule has 3 N–H and O–H groups in total. The number of pyridine rings is 1. The SMILES string of the molecule is C/C=C(\C=C/NC)c1cc(N)cc(-c2ccncc2)c1. The van der Waals surface area contributed by atoms with E-state index in [9.17, 15) is 0 Å². The van der Waals surface area contributed by atoms with Gasteiger partial charge in [0.05, 0.1) is 0 Å². The Balaban J connectivity index is 2.46. The molecule has 0 amide bonds. The van der Waals surface area contributed by atoms with Gasteiger partial charge < -0.3 is 11.1 Å². The van der Waals surface area contributed by atoms with E-state index in [-0.39, 0.29) is 0 Å². The lowest BCUT2D eigenvalue weighted by Gasteiger charge is -2.09. The molecule has 3 heteroatoms. The van der Waals surface area contributed by atoms with E-state index in [2.05, 4.69) is 22.4 Å². The average molecular weight is 265 g/mol. The van der Waals surface area contributed by atoms with Crippen LogP contribution in [0.4, 0.5) is 5.69 Å². The van der Waals surface area contributed by atoms with E-state index in [1.54, 1.807) is 12.4 Å². The van der Waals surface area contributed by atoms with Crippen LogP contribution in [0.5, 0.6) is 0 Å². The fraction of sp³-hybridized carbons (Fsp3) is 0.118. The van der Waals surface area contributed by atoms with Gasteiger partial charge in [0.25, 0.3) is 0 Å². The zero-order valence-corrected chi connectivity index (χ0v) is 11.8. The van der Waals surface area contributed by atoms with Gasteiger partial charge in [0.1, 0.15) is 0 Å². The summed E-state index contributed by atoms with van der Waals surface area (Å²) in [6, 6.07) is 10.1. The zero-order valence-electron chi connectivity index (χ0n) is 11.8. The molecule has 0 radical (unpaired) electrons. The summed E-state index contributed by atoms with van der Waals surface area (Å²) in [5.74, 6) is 0. The van der Waals surface area contributed by atoms with Crippen molar-refractivity contribution in [3.8, 4) is 11.1 Å². The zero-order chi connectivity index (χ0) is 14.4. The Morgan fingerprint density at radius 3 is 2.55 bits per heavy atom. The van der Waals surface area contributed by atoms with E-state index in [4.69, 9.17) is 5.73 Å². The predicted octanol–water partition coefficient (Wildman–Crippen LogP) is 3.47. The third-order valence-corrected chi connectivity index (χ3v) is 3.04. The van der Waals surface area contributed by atoms with Crippen molar-refractivity contribution in [3.05, 3.63) is 66.6 Å². The molecular formula is C17H19N3. The Hall–Kier alpha value is -2.55. The van der Waals surface area contributed by atoms with Crippen LogP contribution < -0.4 is 11.1 Å². The second-order valence-corrected chi connectivity index (χ2v) is 4.45. The molecule has 1 aromatic carbocycles. The quantitative estimate of drug-likeness (QED) is 0.657. The third kappa shape index (κ3) is 3.26. The number of aromatic nitrogens is 1. The average Bonchev–Trinajstić information content (AvgIpc) is 2.48. The molecule has 0 spiro atoms. The van der Waals surface area contributed by atoms with Gasteiger partial charge in [-0.2, -0.15) is 0 Å². The summed E-state index contributed by atoms with van der Waals surface area (Å²) in [6.45, 7) is 2.02. The number of nitrogen functional groups attached to an aromatic ring is 1. The van der Waals surface area contributed by atoms with Gasteiger partial charge in [0.2, 0.25) is 0 Å². The molecule has 0 saturated heterocycles. The molecule has 0 unspecified atom stereocenters. The Labute approximate surface area is 119 Å². The highest BCUT2D eigenvalue weighted by atomic mass is 14.8. The number of hydrogen-bond donors (Lipinski definition) is 2. The standard InChI is InChI=1S/C17H19N3/c1-3-13(4-7-19-2)15-10-16(12-17(18)11-15)14-5-8-20-9-6-14/h3-12,19H,18H2,1-2H3/b7-4-,13-3+. The first kappa shape index (κ1) is 13.9. The Kier molecular flexibility index (Phi) is 4.56. The van der Waals surface area contributed by atoms with Crippen molar-refractivity contribution in [1.29, 1.82) is 0 Å². The van der Waals surface area contributed by atoms with Crippen LogP contribution in [0, 0.1) is 0 Å². The second-order valence-electron chi connectivity index (χ2n) is 4.45. The summed E-state index contributed by atoms with van der Waals surface area (Å²) in [5.41, 5.74) is 11.2. The molecule has 0 aliphatic carbocycles. The summed E-state index contributed by atoms with van der Waals surface area (Å²) in [4.78, 5) is 4.05. The summed E-state index contributed by atoms with van der Waals surface area (Å²) < 4.78 is 0. The van der Waals surface area contributed by atoms with E-state index in [0.29, 0.717) is 0 Å². The first-order chi connectivity index (χ1) is 9.74. The number of nitrogens with one attached hydrogen (secondary N) is 1. The van der Waals surface area contributed by atoms with Gasteiger partial charge in [-0.3, -0.25) is 4.98 Å². The molecule has 0 bridgehead atoms. The van der Waals surface area contributed by atoms with Crippen LogP contribution in [-0.4, -0.2) is 12.0 Å². The van der Waals surface area contributed by atoms with Gasteiger partial charge in [0.15, 0.2) is 0 Å². The lowest BCUT2D eigenvalue weighted by Crippen LogP contribution is -1.94. The van der Waals surface area contributed by atoms with Crippen LogP contribution in [0.25, 0.3) is 16.7 Å². The molecular weight excluding hydrogens is 246 g/mol. The first-order valence-corrected chi connectivity index (χ1v) is 6.56. The molecule has 20 heavy (non-hydrogen) atoms. The van der Waals surface area contributed by atoms with E-state index >= 15 is 0 Å². The van der Waals surface area contributed by atoms with Crippen molar-refractivity contribution in [2.24, 2.45) is 0 Å². The Bertz CT molecular complexity index is 628. The van der Waals surface area contributed by atoms with Crippen molar-refractivity contribution in [1.82, 2.24) is 10.3 Å². The minimum absolute atomic E-state index is 0.756. The molecule has 0 saturated carbocycles. The van der Waals surface area contributed by atoms with Crippen LogP contribution in [0.3, 0.4) is 0 Å². The largest absolute Gasteiger partial charge is 0.399 e. The normalized spacial score (nSPS) is 11.8. The smallest absolute Gasteiger partial charge is 0.0326 e. The summed E-state index contributed by atoms with van der Waals surface area (Å²) in [6.07, 6.45) is 9.58. The monoisotopic (exact) mass is 265 g/mol. The fourth-order valence-electron chi connectivity index (χ4n) is 2.06. The predicted molar refractivity (Wildman–Crippen MR) is 85.9 cm³/mol. The summed E-state index contributed by atoms with van der Waals surface area (Å²) in [7, 11) is 1.88. The van der Waals surface area contributed by atoms with Crippen molar-refractivity contribution < 1.29 is 0 Å². The summed E-state index contributed by atoms with van der Waals surface area (Å²) >= 11 is 0. The lowest BCUT2D eigenvalue weighted by molar-refractivity contribution is 1.10. The molecule has 0 fully saturated rings. The van der Waals surface area contributed by atoms with E-state index < -0.39 is 0 Å². The molecule has 0 aliphatic rings. The van der Waals surface area contributed by atoms with E-state index in [1.165, 1.54) is 0 Å². The Morgan fingerprint density at radius 2 is 1.90 bits per heavy atom. The number of rotatable bonds is 4. The van der Waals surface area contributed by atoms with Gasteiger partial charge in [-0.15, -0.1) is 0 Å². The van der Waals surface area contributed by atoms with Gasteiger partial charge in [-0.1, -0.05) is 6.08 Å². The number of nitrogens with two attached hydrogens (primary N) is 1. The molecule has 102 valence electrons. The van der Waals surface area contributed by atoms with Crippen LogP contribution in [-0.2, 0) is 0 Å². The molecule has 1 aromatic heterocycles. The topological polar surface area (TPSA) is 50.9 Å². The maximum Gasteiger partial charge on any atom is 0.0326 e. The number of hydrogen-bond acceptors (Lipinski definition) is 3.